The van der Waals surface area contributed by atoms with Gasteiger partial charge < -0.3 is 10.1 Å². The highest BCUT2D eigenvalue weighted by Gasteiger charge is 2.26. The van der Waals surface area contributed by atoms with Crippen molar-refractivity contribution in [1.29, 1.82) is 0 Å². The van der Waals surface area contributed by atoms with Crippen molar-refractivity contribution in [3.8, 4) is 0 Å². The van der Waals surface area contributed by atoms with Gasteiger partial charge in [-0.25, -0.2) is 0 Å². The van der Waals surface area contributed by atoms with Crippen LogP contribution in [0.1, 0.15) is 0 Å². The summed E-state index contributed by atoms with van der Waals surface area (Å²) in [6.45, 7) is 1.63. The maximum Gasteiger partial charge on any atom is 0.194 e. The molecule has 0 aromatic heterocycles. The van der Waals surface area contributed by atoms with Crippen LogP contribution in [0.2, 0.25) is 0 Å². The van der Waals surface area contributed by atoms with Gasteiger partial charge in [-0.05, 0) is 29.9 Å². The van der Waals surface area contributed by atoms with Gasteiger partial charge in [-0.15, -0.1) is 0 Å². The maximum atomic E-state index is 5.78. The lowest BCUT2D eigenvalue weighted by Gasteiger charge is -2.22. The molecule has 0 spiro atoms. The van der Waals surface area contributed by atoms with E-state index in [1.165, 1.54) is 21.5 Å². The topological polar surface area (TPSA) is 21.3 Å². The van der Waals surface area contributed by atoms with E-state index < -0.39 is 7.92 Å². The van der Waals surface area contributed by atoms with Crippen LogP contribution in [0.3, 0.4) is 0 Å². The van der Waals surface area contributed by atoms with Gasteiger partial charge in [-0.3, -0.25) is 0 Å². The molecule has 0 saturated carbocycles. The van der Waals surface area contributed by atoms with Crippen molar-refractivity contribution in [1.82, 2.24) is 5.32 Å². The normalized spacial score (nSPS) is 19.6. The van der Waals surface area contributed by atoms with E-state index in [0.29, 0.717) is 0 Å². The third-order valence-electron chi connectivity index (χ3n) is 3.94. The Labute approximate surface area is 137 Å². The molecule has 2 nitrogen and oxygen atoms in total. The Morgan fingerprint density at radius 3 is 2.09 bits per heavy atom. The molecule has 23 heavy (non-hydrogen) atoms. The summed E-state index contributed by atoms with van der Waals surface area (Å²) in [5, 5.41) is 7.43. The van der Waals surface area contributed by atoms with Crippen molar-refractivity contribution in [2.45, 2.75) is 0 Å². The number of hydrogen-bond acceptors (Lipinski definition) is 2. The minimum atomic E-state index is -0.587. The predicted molar refractivity (Wildman–Crippen MR) is 97.3 cm³/mol. The van der Waals surface area contributed by atoms with Crippen molar-refractivity contribution in [3.05, 3.63) is 95.7 Å². The van der Waals surface area contributed by atoms with Crippen LogP contribution in [0.15, 0.2) is 95.7 Å². The smallest absolute Gasteiger partial charge is 0.194 e. The zero-order valence-corrected chi connectivity index (χ0v) is 13.7. The Kier molecular flexibility index (Phi) is 4.00. The van der Waals surface area contributed by atoms with Gasteiger partial charge in [0.2, 0.25) is 0 Å². The molecule has 0 unspecified atom stereocenters. The molecular formula is C20H18NOP. The number of ether oxygens (including phenoxy) is 1. The molecule has 2 aromatic carbocycles. The van der Waals surface area contributed by atoms with Crippen LogP contribution in [0.4, 0.5) is 0 Å². The zero-order chi connectivity index (χ0) is 15.5. The van der Waals surface area contributed by atoms with Gasteiger partial charge in [0.05, 0.1) is 6.54 Å². The Bertz CT molecular complexity index is 730. The van der Waals surface area contributed by atoms with Crippen molar-refractivity contribution >= 4 is 18.5 Å². The fourth-order valence-corrected chi connectivity index (χ4v) is 5.37. The molecule has 1 fully saturated rings. The largest absolute Gasteiger partial charge is 0.477 e. The molecule has 0 radical (unpaired) electrons. The van der Waals surface area contributed by atoms with Crippen molar-refractivity contribution in [3.63, 3.8) is 0 Å². The molecule has 1 N–H and O–H groups in total. The SMILES string of the molecule is C1=CC(=C2NCCO2)C(P(c2ccccc2)c2ccccc2)=C1. The summed E-state index contributed by atoms with van der Waals surface area (Å²) in [5.74, 6) is 0.921. The van der Waals surface area contributed by atoms with Gasteiger partial charge in [0, 0.05) is 5.57 Å². The van der Waals surface area contributed by atoms with Crippen LogP contribution >= 0.6 is 7.92 Å². The Balaban J connectivity index is 1.82. The number of allylic oxidation sites excluding steroid dienone is 5. The van der Waals surface area contributed by atoms with Gasteiger partial charge in [-0.2, -0.15) is 0 Å². The molecule has 1 saturated heterocycles. The first-order valence-corrected chi connectivity index (χ1v) is 9.17. The summed E-state index contributed by atoms with van der Waals surface area (Å²) in [6.07, 6.45) is 6.52. The molecule has 2 aliphatic rings. The number of rotatable bonds is 3. The van der Waals surface area contributed by atoms with Gasteiger partial charge in [0.15, 0.2) is 5.88 Å². The summed E-state index contributed by atoms with van der Waals surface area (Å²) < 4.78 is 5.78. The van der Waals surface area contributed by atoms with E-state index >= 15 is 0 Å². The lowest BCUT2D eigenvalue weighted by Crippen LogP contribution is -2.15. The van der Waals surface area contributed by atoms with Gasteiger partial charge in [0.25, 0.3) is 0 Å². The third kappa shape index (κ3) is 2.83. The highest BCUT2D eigenvalue weighted by Crippen LogP contribution is 2.49. The van der Waals surface area contributed by atoms with E-state index in [1.54, 1.807) is 0 Å². The first kappa shape index (κ1) is 14.3. The number of benzene rings is 2. The summed E-state index contributed by atoms with van der Waals surface area (Å²) >= 11 is 0. The summed E-state index contributed by atoms with van der Waals surface area (Å²) in [5.41, 5.74) is 1.20. The second-order valence-corrected chi connectivity index (χ2v) is 7.62. The van der Waals surface area contributed by atoms with Crippen LogP contribution in [0, 0.1) is 0 Å². The van der Waals surface area contributed by atoms with Crippen LogP contribution in [0.5, 0.6) is 0 Å². The second kappa shape index (κ2) is 6.44. The van der Waals surface area contributed by atoms with Crippen LogP contribution in [-0.4, -0.2) is 13.2 Å². The Hall–Kier alpha value is -2.31. The van der Waals surface area contributed by atoms with Crippen LogP contribution < -0.4 is 15.9 Å². The van der Waals surface area contributed by atoms with Crippen LogP contribution in [0.25, 0.3) is 0 Å². The van der Waals surface area contributed by atoms with Crippen molar-refractivity contribution < 1.29 is 4.74 Å². The summed E-state index contributed by atoms with van der Waals surface area (Å²) in [4.78, 5) is 0. The van der Waals surface area contributed by atoms with Crippen molar-refractivity contribution in [2.24, 2.45) is 0 Å². The lowest BCUT2D eigenvalue weighted by molar-refractivity contribution is 0.263. The van der Waals surface area contributed by atoms with E-state index in [-0.39, 0.29) is 0 Å². The monoisotopic (exact) mass is 319 g/mol. The van der Waals surface area contributed by atoms with E-state index in [4.69, 9.17) is 4.74 Å². The summed E-state index contributed by atoms with van der Waals surface area (Å²) in [7, 11) is -0.587. The molecule has 114 valence electrons. The third-order valence-corrected chi connectivity index (χ3v) is 6.44. The molecule has 1 aliphatic heterocycles. The van der Waals surface area contributed by atoms with E-state index in [9.17, 15) is 0 Å². The molecule has 1 aliphatic carbocycles. The molecule has 3 heteroatoms. The quantitative estimate of drug-likeness (QED) is 0.876. The molecule has 0 bridgehead atoms. The minimum Gasteiger partial charge on any atom is -0.477 e. The highest BCUT2D eigenvalue weighted by atomic mass is 31.1. The van der Waals surface area contributed by atoms with Crippen molar-refractivity contribution in [2.75, 3.05) is 13.2 Å². The fourth-order valence-electron chi connectivity index (χ4n) is 2.92. The fraction of sp³-hybridized carbons (Fsp3) is 0.100. The van der Waals surface area contributed by atoms with E-state index in [0.717, 1.165) is 19.0 Å². The molecule has 1 heterocycles. The van der Waals surface area contributed by atoms with E-state index in [2.05, 4.69) is 84.2 Å². The van der Waals surface area contributed by atoms with Gasteiger partial charge in [-0.1, -0.05) is 72.8 Å². The van der Waals surface area contributed by atoms with Gasteiger partial charge >= 0.3 is 0 Å². The molecule has 2 aromatic rings. The zero-order valence-electron chi connectivity index (χ0n) is 12.8. The first-order chi connectivity index (χ1) is 11.4. The molecule has 4 rings (SSSR count). The minimum absolute atomic E-state index is 0.587. The highest BCUT2D eigenvalue weighted by molar-refractivity contribution is 7.77. The number of nitrogens with one attached hydrogen (secondary N) is 1. The maximum absolute atomic E-state index is 5.78. The Morgan fingerprint density at radius 2 is 1.52 bits per heavy atom. The van der Waals surface area contributed by atoms with Gasteiger partial charge in [0.1, 0.15) is 6.61 Å². The predicted octanol–water partition coefficient (Wildman–Crippen LogP) is 3.40. The standard InChI is InChI=1S/C20H18NOP/c1-3-8-16(9-4-1)23(17-10-5-2-6-11-17)19-13-7-12-18(19)20-21-14-15-22-20/h1-13,21H,14-15H2. The molecule has 0 amide bonds. The number of hydrogen-bond donors (Lipinski definition) is 1. The van der Waals surface area contributed by atoms with Crippen LogP contribution in [-0.2, 0) is 4.74 Å². The average Bonchev–Trinajstić information content (AvgIpc) is 3.28. The second-order valence-electron chi connectivity index (χ2n) is 5.44. The lowest BCUT2D eigenvalue weighted by atomic mass is 10.3. The molecule has 0 atom stereocenters. The average molecular weight is 319 g/mol. The summed E-state index contributed by atoms with van der Waals surface area (Å²) in [6, 6.07) is 21.5. The molecular weight excluding hydrogens is 301 g/mol. The van der Waals surface area contributed by atoms with E-state index in [1.807, 2.05) is 0 Å². The Morgan fingerprint density at radius 1 is 0.870 bits per heavy atom. The first-order valence-electron chi connectivity index (χ1n) is 7.83.